The number of aromatic nitrogens is 2. The molecule has 0 saturated carbocycles. The monoisotopic (exact) mass is 379 g/mol. The van der Waals surface area contributed by atoms with Crippen LogP contribution < -0.4 is 10.0 Å². The van der Waals surface area contributed by atoms with E-state index >= 15 is 0 Å². The Balaban J connectivity index is 1.55. The second-order valence-electron chi connectivity index (χ2n) is 6.33. The summed E-state index contributed by atoms with van der Waals surface area (Å²) in [6.45, 7) is 8.67. The molecule has 26 heavy (non-hydrogen) atoms. The third-order valence-corrected chi connectivity index (χ3v) is 5.97. The summed E-state index contributed by atoms with van der Waals surface area (Å²) in [4.78, 5) is 2.56. The average Bonchev–Trinajstić information content (AvgIpc) is 2.96. The van der Waals surface area contributed by atoms with Gasteiger partial charge in [0.25, 0.3) is 10.0 Å². The molecule has 1 saturated heterocycles. The zero-order chi connectivity index (χ0) is 18.6. The number of hydrogen-bond donors (Lipinski definition) is 3. The van der Waals surface area contributed by atoms with E-state index in [0.29, 0.717) is 17.1 Å². The molecule has 1 aliphatic heterocycles. The molecule has 2 aromatic rings. The lowest BCUT2D eigenvalue weighted by atomic mass is 10.3. The summed E-state index contributed by atoms with van der Waals surface area (Å²) >= 11 is 0. The average molecular weight is 379 g/mol. The van der Waals surface area contributed by atoms with Gasteiger partial charge in [0.05, 0.1) is 24.6 Å². The van der Waals surface area contributed by atoms with Crippen LogP contribution in [0.1, 0.15) is 11.4 Å². The number of nitrogens with one attached hydrogen (secondary N) is 3. The van der Waals surface area contributed by atoms with E-state index in [0.717, 1.165) is 45.1 Å². The summed E-state index contributed by atoms with van der Waals surface area (Å²) in [5.74, 6) is 0. The Labute approximate surface area is 154 Å². The van der Waals surface area contributed by atoms with Crippen LogP contribution in [0.5, 0.6) is 0 Å². The number of ether oxygens (including phenoxy) is 1. The predicted molar refractivity (Wildman–Crippen MR) is 101 cm³/mol. The highest BCUT2D eigenvalue weighted by molar-refractivity contribution is 7.92. The molecule has 1 aromatic heterocycles. The maximum Gasteiger partial charge on any atom is 0.265 e. The molecule has 0 amide bonds. The molecule has 2 heterocycles. The molecule has 1 aliphatic rings. The molecule has 142 valence electrons. The second-order valence-corrected chi connectivity index (χ2v) is 7.95. The van der Waals surface area contributed by atoms with Gasteiger partial charge in [-0.1, -0.05) is 0 Å². The van der Waals surface area contributed by atoms with E-state index in [4.69, 9.17) is 4.74 Å². The molecule has 3 rings (SSSR count). The number of nitrogens with zero attached hydrogens (tertiary/aromatic N) is 2. The van der Waals surface area contributed by atoms with Gasteiger partial charge in [-0.2, -0.15) is 5.10 Å². The van der Waals surface area contributed by atoms with Crippen LogP contribution >= 0.6 is 0 Å². The van der Waals surface area contributed by atoms with Crippen molar-refractivity contribution >= 4 is 21.4 Å². The Morgan fingerprint density at radius 1 is 1.15 bits per heavy atom. The molecular weight excluding hydrogens is 354 g/mol. The fraction of sp³-hybridized carbons (Fsp3) is 0.471. The van der Waals surface area contributed by atoms with Crippen molar-refractivity contribution in [2.75, 3.05) is 49.4 Å². The van der Waals surface area contributed by atoms with Crippen molar-refractivity contribution in [2.45, 2.75) is 18.7 Å². The number of hydrogen-bond acceptors (Lipinski definition) is 6. The molecule has 9 heteroatoms. The van der Waals surface area contributed by atoms with E-state index in [1.165, 1.54) is 0 Å². The van der Waals surface area contributed by atoms with Crippen molar-refractivity contribution in [3.05, 3.63) is 35.7 Å². The molecule has 0 bridgehead atoms. The summed E-state index contributed by atoms with van der Waals surface area (Å²) in [6.07, 6.45) is 0. The van der Waals surface area contributed by atoms with E-state index in [1.807, 2.05) is 12.1 Å². The van der Waals surface area contributed by atoms with Crippen molar-refractivity contribution in [3.63, 3.8) is 0 Å². The SMILES string of the molecule is Cc1n[nH]c(C)c1S(=O)(=O)Nc1ccc(NCCN2CCOCC2)cc1. The number of H-pyrrole nitrogens is 1. The number of morpholine rings is 1. The minimum absolute atomic E-state index is 0.199. The third-order valence-electron chi connectivity index (χ3n) is 4.33. The zero-order valence-electron chi connectivity index (χ0n) is 15.1. The first-order valence-electron chi connectivity index (χ1n) is 8.64. The fourth-order valence-electron chi connectivity index (χ4n) is 2.98. The highest BCUT2D eigenvalue weighted by Crippen LogP contribution is 2.21. The Kier molecular flexibility index (Phi) is 5.80. The van der Waals surface area contributed by atoms with Crippen LogP contribution in [0.3, 0.4) is 0 Å². The lowest BCUT2D eigenvalue weighted by Crippen LogP contribution is -2.38. The van der Waals surface area contributed by atoms with Gasteiger partial charge in [-0.05, 0) is 38.1 Å². The van der Waals surface area contributed by atoms with Crippen LogP contribution in [0.2, 0.25) is 0 Å². The summed E-state index contributed by atoms with van der Waals surface area (Å²) in [7, 11) is -3.66. The zero-order valence-corrected chi connectivity index (χ0v) is 15.9. The molecule has 3 N–H and O–H groups in total. The molecule has 0 spiro atoms. The maximum absolute atomic E-state index is 12.5. The number of anilines is 2. The Bertz CT molecular complexity index is 807. The first-order chi connectivity index (χ1) is 12.5. The number of aromatic amines is 1. The smallest absolute Gasteiger partial charge is 0.265 e. The van der Waals surface area contributed by atoms with Gasteiger partial charge in [-0.25, -0.2) is 8.42 Å². The molecule has 1 fully saturated rings. The van der Waals surface area contributed by atoms with Crippen molar-refractivity contribution in [1.82, 2.24) is 15.1 Å². The fourth-order valence-corrected chi connectivity index (χ4v) is 4.41. The van der Waals surface area contributed by atoms with Crippen molar-refractivity contribution in [3.8, 4) is 0 Å². The van der Waals surface area contributed by atoms with E-state index in [1.54, 1.807) is 26.0 Å². The Hall–Kier alpha value is -2.10. The minimum atomic E-state index is -3.66. The van der Waals surface area contributed by atoms with Crippen molar-refractivity contribution < 1.29 is 13.2 Å². The third kappa shape index (κ3) is 4.54. The Morgan fingerprint density at radius 2 is 1.81 bits per heavy atom. The number of sulfonamides is 1. The van der Waals surface area contributed by atoms with Crippen LogP contribution in [0, 0.1) is 13.8 Å². The number of benzene rings is 1. The van der Waals surface area contributed by atoms with E-state index in [9.17, 15) is 8.42 Å². The van der Waals surface area contributed by atoms with Crippen LogP contribution in [0.25, 0.3) is 0 Å². The van der Waals surface area contributed by atoms with Gasteiger partial charge in [0.2, 0.25) is 0 Å². The van der Waals surface area contributed by atoms with Crippen LogP contribution in [0.15, 0.2) is 29.2 Å². The van der Waals surface area contributed by atoms with Crippen LogP contribution in [0.4, 0.5) is 11.4 Å². The van der Waals surface area contributed by atoms with Gasteiger partial charge in [0, 0.05) is 37.6 Å². The highest BCUT2D eigenvalue weighted by atomic mass is 32.2. The molecule has 0 aliphatic carbocycles. The van der Waals surface area contributed by atoms with Gasteiger partial charge < -0.3 is 10.1 Å². The molecule has 0 unspecified atom stereocenters. The lowest BCUT2D eigenvalue weighted by Gasteiger charge is -2.26. The van der Waals surface area contributed by atoms with E-state index in [2.05, 4.69) is 25.1 Å². The van der Waals surface area contributed by atoms with Gasteiger partial charge in [0.1, 0.15) is 4.90 Å². The normalized spacial score (nSPS) is 15.8. The topological polar surface area (TPSA) is 99.3 Å². The molecule has 0 radical (unpaired) electrons. The molecule has 0 atom stereocenters. The molecular formula is C17H25N5O3S. The summed E-state index contributed by atoms with van der Waals surface area (Å²) in [6, 6.07) is 7.23. The Morgan fingerprint density at radius 3 is 2.42 bits per heavy atom. The molecule has 8 nitrogen and oxygen atoms in total. The van der Waals surface area contributed by atoms with E-state index < -0.39 is 10.0 Å². The quantitative estimate of drug-likeness (QED) is 0.675. The number of rotatable bonds is 7. The summed E-state index contributed by atoms with van der Waals surface area (Å²) in [5.41, 5.74) is 2.45. The van der Waals surface area contributed by atoms with Gasteiger partial charge in [-0.15, -0.1) is 0 Å². The highest BCUT2D eigenvalue weighted by Gasteiger charge is 2.22. The number of aryl methyl sites for hydroxylation is 2. The van der Waals surface area contributed by atoms with Gasteiger partial charge in [0.15, 0.2) is 0 Å². The van der Waals surface area contributed by atoms with E-state index in [-0.39, 0.29) is 4.90 Å². The van der Waals surface area contributed by atoms with Gasteiger partial charge >= 0.3 is 0 Å². The summed E-state index contributed by atoms with van der Waals surface area (Å²) < 4.78 is 33.0. The standard InChI is InChI=1S/C17H25N5O3S/c1-13-17(14(2)20-19-13)26(23,24)21-16-5-3-15(4-6-16)18-7-8-22-9-11-25-12-10-22/h3-6,18,21H,7-12H2,1-2H3,(H,19,20). The van der Waals surface area contributed by atoms with Crippen molar-refractivity contribution in [2.24, 2.45) is 0 Å². The molecule has 1 aromatic carbocycles. The second kappa shape index (κ2) is 8.07. The summed E-state index contributed by atoms with van der Waals surface area (Å²) in [5, 5.41) is 9.99. The first kappa shape index (κ1) is 18.7. The van der Waals surface area contributed by atoms with Crippen LogP contribution in [-0.4, -0.2) is 62.9 Å². The van der Waals surface area contributed by atoms with Crippen molar-refractivity contribution in [1.29, 1.82) is 0 Å². The first-order valence-corrected chi connectivity index (χ1v) is 10.1. The van der Waals surface area contributed by atoms with Gasteiger partial charge in [-0.3, -0.25) is 14.7 Å². The lowest BCUT2D eigenvalue weighted by molar-refractivity contribution is 0.0398. The largest absolute Gasteiger partial charge is 0.384 e. The maximum atomic E-state index is 12.5. The van der Waals surface area contributed by atoms with Crippen LogP contribution in [-0.2, 0) is 14.8 Å². The predicted octanol–water partition coefficient (Wildman–Crippen LogP) is 1.57. The minimum Gasteiger partial charge on any atom is -0.384 e.